The van der Waals surface area contributed by atoms with Gasteiger partial charge in [0.2, 0.25) is 0 Å². The van der Waals surface area contributed by atoms with Crippen molar-refractivity contribution in [2.75, 3.05) is 13.1 Å². The van der Waals surface area contributed by atoms with Crippen molar-refractivity contribution in [3.63, 3.8) is 0 Å². The molecule has 3 aromatic carbocycles. The summed E-state index contributed by atoms with van der Waals surface area (Å²) in [6, 6.07) is 22.0. The minimum absolute atomic E-state index is 0.268. The summed E-state index contributed by atoms with van der Waals surface area (Å²) < 4.78 is 0. The first-order valence-electron chi connectivity index (χ1n) is 9.86. The van der Waals surface area contributed by atoms with Crippen molar-refractivity contribution in [2.24, 2.45) is 0 Å². The highest BCUT2D eigenvalue weighted by Crippen LogP contribution is 2.34. The van der Waals surface area contributed by atoms with Crippen LogP contribution in [0.3, 0.4) is 0 Å². The van der Waals surface area contributed by atoms with E-state index in [1.165, 1.54) is 5.56 Å². The molecule has 0 aliphatic heterocycles. The van der Waals surface area contributed by atoms with Gasteiger partial charge in [-0.3, -0.25) is 0 Å². The molecule has 1 heterocycles. The van der Waals surface area contributed by atoms with Crippen LogP contribution in [0.2, 0.25) is 0 Å². The van der Waals surface area contributed by atoms with Crippen LogP contribution in [-0.4, -0.2) is 34.4 Å². The summed E-state index contributed by atoms with van der Waals surface area (Å²) in [7, 11) is 0. The highest BCUT2D eigenvalue weighted by molar-refractivity contribution is 6.11. The Bertz CT molecular complexity index is 1060. The second-order valence-corrected chi connectivity index (χ2v) is 7.32. The molecule has 0 amide bonds. The molecular weight excluding hydrogens is 348 g/mol. The Labute approximate surface area is 164 Å². The minimum Gasteiger partial charge on any atom is -0.507 e. The van der Waals surface area contributed by atoms with Gasteiger partial charge >= 0.3 is 0 Å². The largest absolute Gasteiger partial charge is 0.507 e. The standard InChI is InChI=1S/C24H26N2O2/c27-19(16-25-14-6-9-17-7-2-1-3-8-17)15-18-12-13-22(28)23-20-10-4-5-11-21(20)26-24(18)23/h1-5,7-8,10-13,19,25-28H,6,9,14-16H2. The van der Waals surface area contributed by atoms with Crippen LogP contribution in [0.25, 0.3) is 21.8 Å². The summed E-state index contributed by atoms with van der Waals surface area (Å²) in [5.74, 6) is 0.268. The quantitative estimate of drug-likeness (QED) is 0.350. The van der Waals surface area contributed by atoms with Gasteiger partial charge in [0.1, 0.15) is 5.75 Å². The second kappa shape index (κ2) is 8.46. The highest BCUT2D eigenvalue weighted by Gasteiger charge is 2.14. The molecule has 144 valence electrons. The molecule has 0 bridgehead atoms. The SMILES string of the molecule is Oc1ccc(CC(O)CNCCCc2ccccc2)c2[nH]c3ccccc3c12. The van der Waals surface area contributed by atoms with Crippen molar-refractivity contribution in [1.29, 1.82) is 0 Å². The monoisotopic (exact) mass is 374 g/mol. The molecule has 28 heavy (non-hydrogen) atoms. The average molecular weight is 374 g/mol. The van der Waals surface area contributed by atoms with E-state index in [4.69, 9.17) is 0 Å². The predicted octanol–water partition coefficient (Wildman–Crippen LogP) is 4.15. The number of nitrogens with one attached hydrogen (secondary N) is 2. The van der Waals surface area contributed by atoms with E-state index in [0.717, 1.165) is 46.8 Å². The highest BCUT2D eigenvalue weighted by atomic mass is 16.3. The van der Waals surface area contributed by atoms with Gasteiger partial charge in [-0.15, -0.1) is 0 Å². The lowest BCUT2D eigenvalue weighted by Gasteiger charge is -2.13. The van der Waals surface area contributed by atoms with Gasteiger partial charge in [-0.2, -0.15) is 0 Å². The van der Waals surface area contributed by atoms with E-state index in [2.05, 4.69) is 34.6 Å². The van der Waals surface area contributed by atoms with Crippen molar-refractivity contribution in [2.45, 2.75) is 25.4 Å². The van der Waals surface area contributed by atoms with Gasteiger partial charge in [0.05, 0.1) is 11.6 Å². The lowest BCUT2D eigenvalue weighted by atomic mass is 10.0. The molecule has 0 radical (unpaired) electrons. The van der Waals surface area contributed by atoms with Gasteiger partial charge in [-0.1, -0.05) is 54.6 Å². The van der Waals surface area contributed by atoms with Crippen LogP contribution in [0.4, 0.5) is 0 Å². The van der Waals surface area contributed by atoms with Gasteiger partial charge < -0.3 is 20.5 Å². The number of aromatic nitrogens is 1. The summed E-state index contributed by atoms with van der Waals surface area (Å²) in [5, 5.41) is 26.0. The van der Waals surface area contributed by atoms with Crippen molar-refractivity contribution in [3.05, 3.63) is 77.9 Å². The Kier molecular flexibility index (Phi) is 5.60. The molecule has 0 saturated heterocycles. The summed E-state index contributed by atoms with van der Waals surface area (Å²) in [4.78, 5) is 3.40. The number of aryl methyl sites for hydroxylation is 1. The fourth-order valence-corrected chi connectivity index (χ4v) is 3.82. The third-order valence-corrected chi connectivity index (χ3v) is 5.22. The lowest BCUT2D eigenvalue weighted by Crippen LogP contribution is -2.29. The van der Waals surface area contributed by atoms with E-state index in [-0.39, 0.29) is 5.75 Å². The van der Waals surface area contributed by atoms with Crippen LogP contribution in [0.1, 0.15) is 17.5 Å². The Morgan fingerprint density at radius 1 is 0.929 bits per heavy atom. The van der Waals surface area contributed by atoms with Crippen LogP contribution in [0.15, 0.2) is 66.7 Å². The fourth-order valence-electron chi connectivity index (χ4n) is 3.82. The maximum absolute atomic E-state index is 10.5. The van der Waals surface area contributed by atoms with Crippen molar-refractivity contribution in [1.82, 2.24) is 10.3 Å². The maximum atomic E-state index is 10.5. The van der Waals surface area contributed by atoms with Crippen LogP contribution in [0.5, 0.6) is 5.75 Å². The Morgan fingerprint density at radius 2 is 1.71 bits per heavy atom. The Morgan fingerprint density at radius 3 is 2.57 bits per heavy atom. The van der Waals surface area contributed by atoms with Crippen molar-refractivity contribution < 1.29 is 10.2 Å². The number of phenolic OH excluding ortho intramolecular Hbond substituents is 1. The molecule has 4 rings (SSSR count). The number of H-pyrrole nitrogens is 1. The Balaban J connectivity index is 1.36. The van der Waals surface area contributed by atoms with Gasteiger partial charge in [-0.25, -0.2) is 0 Å². The summed E-state index contributed by atoms with van der Waals surface area (Å²) in [6.07, 6.45) is 2.14. The predicted molar refractivity (Wildman–Crippen MR) is 115 cm³/mol. The van der Waals surface area contributed by atoms with Gasteiger partial charge in [0, 0.05) is 29.3 Å². The molecule has 4 N–H and O–H groups in total. The van der Waals surface area contributed by atoms with Crippen molar-refractivity contribution >= 4 is 21.8 Å². The van der Waals surface area contributed by atoms with Crippen LogP contribution >= 0.6 is 0 Å². The van der Waals surface area contributed by atoms with Gasteiger partial charge in [0.25, 0.3) is 0 Å². The maximum Gasteiger partial charge on any atom is 0.125 e. The number of aromatic hydroxyl groups is 1. The first kappa shape index (κ1) is 18.5. The van der Waals surface area contributed by atoms with Crippen LogP contribution < -0.4 is 5.32 Å². The number of fused-ring (bicyclic) bond motifs is 3. The molecule has 0 aliphatic carbocycles. The molecule has 0 spiro atoms. The van der Waals surface area contributed by atoms with E-state index in [9.17, 15) is 10.2 Å². The third-order valence-electron chi connectivity index (χ3n) is 5.22. The number of aliphatic hydroxyl groups is 1. The van der Waals surface area contributed by atoms with E-state index in [1.807, 2.05) is 36.4 Å². The zero-order valence-electron chi connectivity index (χ0n) is 15.9. The third kappa shape index (κ3) is 4.03. The number of benzene rings is 3. The zero-order chi connectivity index (χ0) is 19.3. The summed E-state index contributed by atoms with van der Waals surface area (Å²) in [5.41, 5.74) is 4.26. The normalized spacial score (nSPS) is 12.6. The summed E-state index contributed by atoms with van der Waals surface area (Å²) >= 11 is 0. The number of hydrogen-bond donors (Lipinski definition) is 4. The minimum atomic E-state index is -0.476. The number of rotatable bonds is 8. The number of hydrogen-bond acceptors (Lipinski definition) is 3. The lowest BCUT2D eigenvalue weighted by molar-refractivity contribution is 0.172. The van der Waals surface area contributed by atoms with Crippen molar-refractivity contribution in [3.8, 4) is 5.75 Å². The van der Waals surface area contributed by atoms with E-state index >= 15 is 0 Å². The second-order valence-electron chi connectivity index (χ2n) is 7.32. The number of aromatic amines is 1. The topological polar surface area (TPSA) is 68.3 Å². The molecule has 1 aromatic heterocycles. The van der Waals surface area contributed by atoms with E-state index in [1.54, 1.807) is 6.07 Å². The molecule has 4 nitrogen and oxygen atoms in total. The van der Waals surface area contributed by atoms with Crippen LogP contribution in [0, 0.1) is 0 Å². The first-order valence-corrected chi connectivity index (χ1v) is 9.86. The number of para-hydroxylation sites is 1. The molecular formula is C24H26N2O2. The van der Waals surface area contributed by atoms with Gasteiger partial charge in [0.15, 0.2) is 0 Å². The molecule has 0 saturated carbocycles. The molecule has 4 aromatic rings. The molecule has 4 heteroatoms. The number of phenols is 1. The molecule has 1 atom stereocenters. The Hall–Kier alpha value is -2.82. The summed E-state index contributed by atoms with van der Waals surface area (Å²) in [6.45, 7) is 1.43. The molecule has 0 aliphatic rings. The smallest absolute Gasteiger partial charge is 0.125 e. The first-order chi connectivity index (χ1) is 13.7. The molecule has 1 unspecified atom stereocenters. The van der Waals surface area contributed by atoms with E-state index in [0.29, 0.717) is 13.0 Å². The average Bonchev–Trinajstić information content (AvgIpc) is 3.11. The molecule has 0 fully saturated rings. The van der Waals surface area contributed by atoms with E-state index < -0.39 is 6.10 Å². The van der Waals surface area contributed by atoms with Gasteiger partial charge in [-0.05, 0) is 42.6 Å². The zero-order valence-corrected chi connectivity index (χ0v) is 15.9. The number of aliphatic hydroxyl groups excluding tert-OH is 1. The fraction of sp³-hybridized carbons (Fsp3) is 0.250. The van der Waals surface area contributed by atoms with Crippen LogP contribution in [-0.2, 0) is 12.8 Å².